The molecule has 0 aliphatic heterocycles. The highest BCUT2D eigenvalue weighted by Crippen LogP contribution is 1.96. The van der Waals surface area contributed by atoms with Crippen molar-refractivity contribution in [2.24, 2.45) is 0 Å². The van der Waals surface area contributed by atoms with Gasteiger partial charge in [-0.3, -0.25) is 0 Å². The quantitative estimate of drug-likeness (QED) is 0.565. The Morgan fingerprint density at radius 2 is 1.58 bits per heavy atom. The van der Waals surface area contributed by atoms with Gasteiger partial charge in [0.05, 0.1) is 0 Å². The van der Waals surface area contributed by atoms with Crippen molar-refractivity contribution < 1.29 is 9.47 Å². The molecule has 0 aliphatic carbocycles. The summed E-state index contributed by atoms with van der Waals surface area (Å²) in [6, 6.07) is 0. The third-order valence-corrected chi connectivity index (χ3v) is 1.39. The summed E-state index contributed by atoms with van der Waals surface area (Å²) in [4.78, 5) is 0. The van der Waals surface area contributed by atoms with Crippen LogP contribution in [0.1, 0.15) is 26.7 Å². The Hall–Kier alpha value is -0.120. The van der Waals surface area contributed by atoms with Crippen molar-refractivity contribution in [2.75, 3.05) is 26.8 Å². The van der Waals surface area contributed by atoms with Gasteiger partial charge in [-0.15, -0.1) is 0 Å². The Morgan fingerprint density at radius 1 is 1.08 bits per heavy atom. The average molecular weight is 175 g/mol. The van der Waals surface area contributed by atoms with Crippen LogP contribution in [-0.2, 0) is 9.47 Å². The van der Waals surface area contributed by atoms with Gasteiger partial charge in [-0.1, -0.05) is 13.8 Å². The molecule has 0 saturated heterocycles. The molecule has 0 aromatic rings. The van der Waals surface area contributed by atoms with Gasteiger partial charge >= 0.3 is 0 Å². The summed E-state index contributed by atoms with van der Waals surface area (Å²) < 4.78 is 10.9. The van der Waals surface area contributed by atoms with Gasteiger partial charge < -0.3 is 14.8 Å². The third-order valence-electron chi connectivity index (χ3n) is 1.39. The maximum Gasteiger partial charge on any atom is 0.169 e. The summed E-state index contributed by atoms with van der Waals surface area (Å²) in [5.41, 5.74) is 0. The second-order valence-corrected chi connectivity index (χ2v) is 2.73. The highest BCUT2D eigenvalue weighted by atomic mass is 16.7. The molecule has 0 fully saturated rings. The molecule has 0 bridgehead atoms. The monoisotopic (exact) mass is 175 g/mol. The number of rotatable bonds is 8. The van der Waals surface area contributed by atoms with E-state index < -0.39 is 0 Å². The number of nitrogens with one attached hydrogen (secondary N) is 1. The lowest BCUT2D eigenvalue weighted by molar-refractivity contribution is -0.138. The maximum atomic E-state index is 5.45. The number of hydrogen-bond donors (Lipinski definition) is 1. The molecule has 0 aromatic heterocycles. The zero-order valence-electron chi connectivity index (χ0n) is 8.43. The topological polar surface area (TPSA) is 30.5 Å². The van der Waals surface area contributed by atoms with Crippen molar-refractivity contribution in [1.29, 1.82) is 0 Å². The van der Waals surface area contributed by atoms with E-state index in [9.17, 15) is 0 Å². The molecule has 0 amide bonds. The normalized spacial score (nSPS) is 11.0. The van der Waals surface area contributed by atoms with Gasteiger partial charge in [0.2, 0.25) is 0 Å². The fraction of sp³-hybridized carbons (Fsp3) is 1.00. The summed E-state index contributed by atoms with van der Waals surface area (Å²) in [5, 5.41) is 3.04. The van der Waals surface area contributed by atoms with Gasteiger partial charge in [-0.05, 0) is 19.9 Å². The Bertz CT molecular complexity index is 80.6. The van der Waals surface area contributed by atoms with Crippen LogP contribution in [0.15, 0.2) is 0 Å². The Kier molecular flexibility index (Phi) is 8.88. The van der Waals surface area contributed by atoms with Crippen LogP contribution in [0.3, 0.4) is 0 Å². The summed E-state index contributed by atoms with van der Waals surface area (Å²) in [7, 11) is 1.90. The van der Waals surface area contributed by atoms with E-state index >= 15 is 0 Å². The maximum absolute atomic E-state index is 5.45. The molecule has 0 unspecified atom stereocenters. The predicted octanol–water partition coefficient (Wildman–Crippen LogP) is 1.39. The van der Waals surface area contributed by atoms with E-state index in [2.05, 4.69) is 19.2 Å². The minimum absolute atomic E-state index is 0.0742. The van der Waals surface area contributed by atoms with Crippen LogP contribution < -0.4 is 5.32 Å². The van der Waals surface area contributed by atoms with Crippen LogP contribution in [0.4, 0.5) is 0 Å². The van der Waals surface area contributed by atoms with Crippen molar-refractivity contribution in [2.45, 2.75) is 33.0 Å². The van der Waals surface area contributed by atoms with E-state index in [1.807, 2.05) is 7.05 Å². The van der Waals surface area contributed by atoms with Gasteiger partial charge in [-0.2, -0.15) is 0 Å². The van der Waals surface area contributed by atoms with E-state index in [1.54, 1.807) is 0 Å². The van der Waals surface area contributed by atoms with Gasteiger partial charge in [0, 0.05) is 19.8 Å². The number of ether oxygens (including phenoxy) is 2. The molecule has 0 aliphatic rings. The standard InChI is InChI=1S/C9H21NO2/c1-4-6-11-9(8-10-3)12-7-5-2/h9-10H,4-8H2,1-3H3. The van der Waals surface area contributed by atoms with Gasteiger partial charge in [0.1, 0.15) is 0 Å². The lowest BCUT2D eigenvalue weighted by Gasteiger charge is -2.17. The second-order valence-electron chi connectivity index (χ2n) is 2.73. The molecule has 1 N–H and O–H groups in total. The molecule has 0 atom stereocenters. The Labute approximate surface area is 75.4 Å². The van der Waals surface area contributed by atoms with E-state index in [0.29, 0.717) is 0 Å². The van der Waals surface area contributed by atoms with Crippen LogP contribution >= 0.6 is 0 Å². The molecule has 12 heavy (non-hydrogen) atoms. The van der Waals surface area contributed by atoms with Crippen molar-refractivity contribution in [1.82, 2.24) is 5.32 Å². The van der Waals surface area contributed by atoms with E-state index in [4.69, 9.17) is 9.47 Å². The first-order valence-electron chi connectivity index (χ1n) is 4.72. The van der Waals surface area contributed by atoms with Crippen molar-refractivity contribution in [3.63, 3.8) is 0 Å². The molecule has 0 aromatic carbocycles. The minimum atomic E-state index is -0.0742. The van der Waals surface area contributed by atoms with Crippen LogP contribution in [0.25, 0.3) is 0 Å². The summed E-state index contributed by atoms with van der Waals surface area (Å²) in [6.07, 6.45) is 2.00. The fourth-order valence-corrected chi connectivity index (χ4v) is 0.831. The van der Waals surface area contributed by atoms with Crippen LogP contribution in [-0.4, -0.2) is 33.1 Å². The number of likely N-dealkylation sites (N-methyl/N-ethyl adjacent to an activating group) is 1. The first kappa shape index (κ1) is 11.9. The molecule has 74 valence electrons. The molecule has 0 spiro atoms. The molecule has 3 heteroatoms. The van der Waals surface area contributed by atoms with Gasteiger partial charge in [-0.25, -0.2) is 0 Å². The summed E-state index contributed by atoms with van der Waals surface area (Å²) >= 11 is 0. The van der Waals surface area contributed by atoms with Crippen molar-refractivity contribution in [3.8, 4) is 0 Å². The lowest BCUT2D eigenvalue weighted by atomic mass is 10.5. The average Bonchev–Trinajstić information content (AvgIpc) is 2.10. The van der Waals surface area contributed by atoms with Crippen LogP contribution in [0.5, 0.6) is 0 Å². The Balaban J connectivity index is 3.40. The lowest BCUT2D eigenvalue weighted by Crippen LogP contribution is -2.29. The van der Waals surface area contributed by atoms with Crippen molar-refractivity contribution >= 4 is 0 Å². The third kappa shape index (κ3) is 6.58. The first-order chi connectivity index (χ1) is 5.85. The molecule has 0 saturated carbocycles. The molecule has 0 rings (SSSR count). The summed E-state index contributed by atoms with van der Waals surface area (Å²) in [5.74, 6) is 0. The van der Waals surface area contributed by atoms with E-state index in [1.165, 1.54) is 0 Å². The second kappa shape index (κ2) is 8.97. The zero-order chi connectivity index (χ0) is 9.23. The number of hydrogen-bond acceptors (Lipinski definition) is 3. The smallest absolute Gasteiger partial charge is 0.169 e. The molecule has 3 nitrogen and oxygen atoms in total. The molecule has 0 heterocycles. The minimum Gasteiger partial charge on any atom is -0.351 e. The summed E-state index contributed by atoms with van der Waals surface area (Å²) in [6.45, 7) is 6.50. The fourth-order valence-electron chi connectivity index (χ4n) is 0.831. The molecular formula is C9H21NO2. The predicted molar refractivity (Wildman–Crippen MR) is 50.2 cm³/mol. The SMILES string of the molecule is CCCOC(CNC)OCCC. The first-order valence-corrected chi connectivity index (χ1v) is 4.72. The molecule has 0 radical (unpaired) electrons. The largest absolute Gasteiger partial charge is 0.351 e. The highest BCUT2D eigenvalue weighted by molar-refractivity contribution is 4.47. The van der Waals surface area contributed by atoms with Crippen LogP contribution in [0, 0.1) is 0 Å². The Morgan fingerprint density at radius 3 is 1.92 bits per heavy atom. The van der Waals surface area contributed by atoms with E-state index in [-0.39, 0.29) is 6.29 Å². The zero-order valence-corrected chi connectivity index (χ0v) is 8.43. The van der Waals surface area contributed by atoms with Crippen molar-refractivity contribution in [3.05, 3.63) is 0 Å². The van der Waals surface area contributed by atoms with E-state index in [0.717, 1.165) is 32.6 Å². The van der Waals surface area contributed by atoms with Gasteiger partial charge in [0.15, 0.2) is 6.29 Å². The van der Waals surface area contributed by atoms with Crippen LogP contribution in [0.2, 0.25) is 0 Å². The molecular weight excluding hydrogens is 154 g/mol. The highest BCUT2D eigenvalue weighted by Gasteiger charge is 2.05. The van der Waals surface area contributed by atoms with Gasteiger partial charge in [0.25, 0.3) is 0 Å².